The van der Waals surface area contributed by atoms with Gasteiger partial charge in [-0.05, 0) is 0 Å². The number of benzene rings is 2. The third-order valence-corrected chi connectivity index (χ3v) is 2.01. The molecule has 0 unspecified atom stereocenters. The summed E-state index contributed by atoms with van der Waals surface area (Å²) in [6.07, 6.45) is 0. The third kappa shape index (κ3) is 3.81. The summed E-state index contributed by atoms with van der Waals surface area (Å²) in [5, 5.41) is 0. The molecular formula is C12H8F6N2. The van der Waals surface area contributed by atoms with E-state index in [4.69, 9.17) is 11.5 Å². The van der Waals surface area contributed by atoms with Crippen molar-refractivity contribution in [2.24, 2.45) is 0 Å². The van der Waals surface area contributed by atoms with Crippen LogP contribution in [0.1, 0.15) is 0 Å². The van der Waals surface area contributed by atoms with E-state index in [2.05, 4.69) is 0 Å². The number of rotatable bonds is 0. The van der Waals surface area contributed by atoms with Gasteiger partial charge in [-0.25, -0.2) is 26.3 Å². The second-order valence-electron chi connectivity index (χ2n) is 3.60. The summed E-state index contributed by atoms with van der Waals surface area (Å²) in [4.78, 5) is 0. The molecule has 4 N–H and O–H groups in total. The van der Waals surface area contributed by atoms with E-state index in [0.717, 1.165) is 24.3 Å². The zero-order valence-electron chi connectivity index (χ0n) is 9.73. The van der Waals surface area contributed by atoms with Gasteiger partial charge in [0.15, 0.2) is 34.9 Å². The molecule has 0 aliphatic rings. The van der Waals surface area contributed by atoms with Crippen molar-refractivity contribution in [2.45, 2.75) is 0 Å². The molecule has 8 heteroatoms. The lowest BCUT2D eigenvalue weighted by Crippen LogP contribution is -1.93. The van der Waals surface area contributed by atoms with Crippen molar-refractivity contribution in [3.63, 3.8) is 0 Å². The van der Waals surface area contributed by atoms with Crippen molar-refractivity contribution in [2.75, 3.05) is 11.5 Å². The average Bonchev–Trinajstić information content (AvgIpc) is 2.33. The van der Waals surface area contributed by atoms with Gasteiger partial charge in [-0.2, -0.15) is 0 Å². The molecule has 0 aliphatic carbocycles. The van der Waals surface area contributed by atoms with E-state index in [1.807, 2.05) is 0 Å². The fraction of sp³-hybridized carbons (Fsp3) is 0. The molecule has 2 rings (SSSR count). The maximum atomic E-state index is 12.1. The molecular weight excluding hydrogens is 286 g/mol. The van der Waals surface area contributed by atoms with Gasteiger partial charge in [-0.3, -0.25) is 0 Å². The van der Waals surface area contributed by atoms with Gasteiger partial charge >= 0.3 is 0 Å². The van der Waals surface area contributed by atoms with Crippen LogP contribution in [0, 0.1) is 34.9 Å². The Hall–Kier alpha value is -2.38. The van der Waals surface area contributed by atoms with Crippen LogP contribution in [0.3, 0.4) is 0 Å². The quantitative estimate of drug-likeness (QED) is 0.444. The lowest BCUT2D eigenvalue weighted by molar-refractivity contribution is 0.448. The lowest BCUT2D eigenvalue weighted by Gasteiger charge is -1.95. The number of hydrogen-bond acceptors (Lipinski definition) is 2. The van der Waals surface area contributed by atoms with Crippen molar-refractivity contribution < 1.29 is 26.3 Å². The molecule has 0 aromatic heterocycles. The average molecular weight is 294 g/mol. The van der Waals surface area contributed by atoms with Crippen molar-refractivity contribution in [1.29, 1.82) is 0 Å². The van der Waals surface area contributed by atoms with Crippen molar-refractivity contribution in [3.05, 3.63) is 59.2 Å². The Bertz CT molecular complexity index is 528. The topological polar surface area (TPSA) is 52.0 Å². The zero-order chi connectivity index (χ0) is 15.4. The van der Waals surface area contributed by atoms with Crippen molar-refractivity contribution >= 4 is 11.4 Å². The van der Waals surface area contributed by atoms with E-state index in [-0.39, 0.29) is 11.4 Å². The fourth-order valence-corrected chi connectivity index (χ4v) is 1.15. The van der Waals surface area contributed by atoms with Gasteiger partial charge in [0, 0.05) is 35.6 Å². The maximum absolute atomic E-state index is 12.1. The van der Waals surface area contributed by atoms with Gasteiger partial charge < -0.3 is 11.5 Å². The van der Waals surface area contributed by atoms with Crippen LogP contribution in [0.15, 0.2) is 24.3 Å². The predicted octanol–water partition coefficient (Wildman–Crippen LogP) is 3.37. The van der Waals surface area contributed by atoms with Crippen LogP contribution in [0.5, 0.6) is 0 Å². The van der Waals surface area contributed by atoms with Gasteiger partial charge in [0.2, 0.25) is 0 Å². The number of hydrogen-bond donors (Lipinski definition) is 2. The summed E-state index contributed by atoms with van der Waals surface area (Å²) >= 11 is 0. The summed E-state index contributed by atoms with van der Waals surface area (Å²) in [6.45, 7) is 0. The highest BCUT2D eigenvalue weighted by Crippen LogP contribution is 2.14. The monoisotopic (exact) mass is 294 g/mol. The third-order valence-electron chi connectivity index (χ3n) is 2.01. The Morgan fingerprint density at radius 3 is 0.900 bits per heavy atom. The van der Waals surface area contributed by atoms with Crippen LogP contribution in [-0.4, -0.2) is 0 Å². The zero-order valence-corrected chi connectivity index (χ0v) is 9.73. The van der Waals surface area contributed by atoms with Gasteiger partial charge in [0.05, 0.1) is 0 Å². The highest BCUT2D eigenvalue weighted by molar-refractivity contribution is 5.39. The Morgan fingerprint density at radius 1 is 0.500 bits per heavy atom. The van der Waals surface area contributed by atoms with E-state index in [9.17, 15) is 26.3 Å². The second-order valence-corrected chi connectivity index (χ2v) is 3.60. The molecule has 108 valence electrons. The molecule has 0 saturated carbocycles. The standard InChI is InChI=1S/2C6H4F3N/c2*7-4-1-3(10)2-5(8)6(4)9/h2*1-2H,10H2. The van der Waals surface area contributed by atoms with E-state index >= 15 is 0 Å². The van der Waals surface area contributed by atoms with Gasteiger partial charge in [0.1, 0.15) is 0 Å². The number of nitrogens with two attached hydrogens (primary N) is 2. The molecule has 2 nitrogen and oxygen atoms in total. The Labute approximate surface area is 109 Å². The summed E-state index contributed by atoms with van der Waals surface area (Å²) in [5.41, 5.74) is 9.71. The first-order valence-corrected chi connectivity index (χ1v) is 5.02. The molecule has 0 aliphatic heterocycles. The van der Waals surface area contributed by atoms with Crippen LogP contribution in [-0.2, 0) is 0 Å². The molecule has 0 atom stereocenters. The molecule has 0 bridgehead atoms. The van der Waals surface area contributed by atoms with Crippen LogP contribution in [0.2, 0.25) is 0 Å². The minimum Gasteiger partial charge on any atom is -0.399 e. The van der Waals surface area contributed by atoms with Crippen LogP contribution in [0.25, 0.3) is 0 Å². The molecule has 0 saturated heterocycles. The van der Waals surface area contributed by atoms with E-state index < -0.39 is 34.9 Å². The molecule has 0 spiro atoms. The minimum atomic E-state index is -1.49. The Kier molecular flexibility index (Phi) is 4.84. The molecule has 0 fully saturated rings. The smallest absolute Gasteiger partial charge is 0.194 e. The first-order valence-electron chi connectivity index (χ1n) is 5.02. The van der Waals surface area contributed by atoms with E-state index in [1.54, 1.807) is 0 Å². The SMILES string of the molecule is Nc1cc(F)c(F)c(F)c1.Nc1cc(F)c(F)c(F)c1. The van der Waals surface area contributed by atoms with Crippen molar-refractivity contribution in [3.8, 4) is 0 Å². The van der Waals surface area contributed by atoms with Gasteiger partial charge in [0.25, 0.3) is 0 Å². The Balaban J connectivity index is 0.000000200. The number of anilines is 2. The summed E-state index contributed by atoms with van der Waals surface area (Å²) in [6, 6.07) is 2.88. The van der Waals surface area contributed by atoms with Crippen LogP contribution in [0.4, 0.5) is 37.7 Å². The highest BCUT2D eigenvalue weighted by Gasteiger charge is 2.08. The molecule has 0 radical (unpaired) electrons. The number of nitrogen functional groups attached to an aromatic ring is 2. The second kappa shape index (κ2) is 6.18. The predicted molar refractivity (Wildman–Crippen MR) is 61.5 cm³/mol. The molecule has 2 aromatic rings. The first-order chi connectivity index (χ1) is 9.22. The highest BCUT2D eigenvalue weighted by atomic mass is 19.2. The maximum Gasteiger partial charge on any atom is 0.194 e. The molecule has 2 aromatic carbocycles. The minimum absolute atomic E-state index is 0.128. The Morgan fingerprint density at radius 2 is 0.700 bits per heavy atom. The largest absolute Gasteiger partial charge is 0.399 e. The summed E-state index contributed by atoms with van der Waals surface area (Å²) in [5.74, 6) is -8.05. The van der Waals surface area contributed by atoms with Crippen LogP contribution >= 0.6 is 0 Å². The fourth-order valence-electron chi connectivity index (χ4n) is 1.15. The summed E-state index contributed by atoms with van der Waals surface area (Å²) < 4.78 is 72.8. The van der Waals surface area contributed by atoms with Crippen molar-refractivity contribution in [1.82, 2.24) is 0 Å². The van der Waals surface area contributed by atoms with Gasteiger partial charge in [-0.1, -0.05) is 0 Å². The number of halogens is 6. The van der Waals surface area contributed by atoms with Crippen LogP contribution < -0.4 is 11.5 Å². The summed E-state index contributed by atoms with van der Waals surface area (Å²) in [7, 11) is 0. The lowest BCUT2D eigenvalue weighted by atomic mass is 10.3. The first kappa shape index (κ1) is 15.7. The van der Waals surface area contributed by atoms with E-state index in [0.29, 0.717) is 0 Å². The van der Waals surface area contributed by atoms with E-state index in [1.165, 1.54) is 0 Å². The van der Waals surface area contributed by atoms with Gasteiger partial charge in [-0.15, -0.1) is 0 Å². The molecule has 20 heavy (non-hydrogen) atoms. The molecule has 0 heterocycles. The normalized spacial score (nSPS) is 9.90. The molecule has 0 amide bonds.